The van der Waals surface area contributed by atoms with Crippen molar-refractivity contribution < 1.29 is 27.4 Å². The van der Waals surface area contributed by atoms with Crippen LogP contribution in [0.1, 0.15) is 124 Å². The van der Waals surface area contributed by atoms with E-state index in [9.17, 15) is 23.5 Å². The average molecular weight is 615 g/mol. The van der Waals surface area contributed by atoms with Crippen LogP contribution in [-0.2, 0) is 21.8 Å². The number of aromatic nitrogens is 1. The number of hydrogen-bond donors (Lipinski definition) is 1. The fraction of sp³-hybridized carbons (Fsp3) is 0.588. The van der Waals surface area contributed by atoms with E-state index in [0.29, 0.717) is 30.9 Å². The summed E-state index contributed by atoms with van der Waals surface area (Å²) in [6.45, 7) is 20.5. The molecule has 235 valence electrons. The minimum Gasteiger partial charge on any atom is -0.559 e. The van der Waals surface area contributed by atoms with E-state index in [1.807, 2.05) is 19.9 Å². The van der Waals surface area contributed by atoms with Crippen molar-refractivity contribution in [1.29, 1.82) is 5.26 Å². The van der Waals surface area contributed by atoms with Crippen molar-refractivity contribution in [2.45, 2.75) is 110 Å². The van der Waals surface area contributed by atoms with Crippen LogP contribution in [0.15, 0.2) is 24.3 Å². The zero-order valence-electron chi connectivity index (χ0n) is 26.9. The molecule has 0 unspecified atom stereocenters. The summed E-state index contributed by atoms with van der Waals surface area (Å²) in [5.74, 6) is -0.0798. The lowest BCUT2D eigenvalue weighted by molar-refractivity contribution is -0.137. The number of nitriles is 1. The van der Waals surface area contributed by atoms with Crippen LogP contribution in [0.25, 0.3) is 5.57 Å². The number of nitrogens with zero attached hydrogens (tertiary/aromatic N) is 2. The lowest BCUT2D eigenvalue weighted by atomic mass is 9.71. The molecule has 43 heavy (non-hydrogen) atoms. The standard InChI is InChI=1S/C34H45F3N2O3Si/c1-20(2)30-29(31(40)22-10-11-24(34(35,36)37)23(16-22)19-38)27(21-12-14-41-15-13-21)28-25(39-30)17-33(6,7)18-26(28)42-43(8,9)32(3,4)5/h10-12,16,20,26,31,40H,13-15,17-18H2,1-9H3/q-1/t26-,31+/m0/s1. The minimum absolute atomic E-state index is 0.0333. The van der Waals surface area contributed by atoms with Crippen molar-refractivity contribution in [3.05, 3.63) is 69.0 Å². The predicted octanol–water partition coefficient (Wildman–Crippen LogP) is 9.02. The summed E-state index contributed by atoms with van der Waals surface area (Å²) in [5.41, 5.74) is 3.72. The summed E-state index contributed by atoms with van der Waals surface area (Å²) in [7, 11) is -2.25. The molecule has 4 rings (SSSR count). The van der Waals surface area contributed by atoms with E-state index in [0.717, 1.165) is 47.4 Å². The lowest BCUT2D eigenvalue weighted by Crippen LogP contribution is -2.44. The highest BCUT2D eigenvalue weighted by atomic mass is 28.4. The summed E-state index contributed by atoms with van der Waals surface area (Å²) in [6, 6.07) is 5.00. The van der Waals surface area contributed by atoms with E-state index < -0.39 is 31.7 Å². The van der Waals surface area contributed by atoms with Crippen LogP contribution < -0.4 is 0 Å². The van der Waals surface area contributed by atoms with Crippen LogP contribution in [0.5, 0.6) is 0 Å². The maximum Gasteiger partial charge on any atom is 0.417 e. The molecule has 2 atom stereocenters. The van der Waals surface area contributed by atoms with E-state index in [-0.39, 0.29) is 28.0 Å². The first-order valence-corrected chi connectivity index (χ1v) is 18.0. The zero-order valence-corrected chi connectivity index (χ0v) is 27.9. The van der Waals surface area contributed by atoms with Gasteiger partial charge in [-0.2, -0.15) is 18.4 Å². The minimum atomic E-state index is -4.68. The number of halogens is 3. The van der Waals surface area contributed by atoms with E-state index >= 15 is 0 Å². The number of benzene rings is 1. The van der Waals surface area contributed by atoms with Crippen molar-refractivity contribution in [3.63, 3.8) is 0 Å². The molecule has 0 saturated heterocycles. The highest BCUT2D eigenvalue weighted by Gasteiger charge is 2.41. The van der Waals surface area contributed by atoms with Crippen LogP contribution in [0, 0.1) is 16.7 Å². The van der Waals surface area contributed by atoms with Gasteiger partial charge in [-0.1, -0.05) is 60.6 Å². The molecule has 2 heterocycles. The van der Waals surface area contributed by atoms with Gasteiger partial charge in [0.2, 0.25) is 0 Å². The Hall–Kier alpha value is -2.51. The van der Waals surface area contributed by atoms with Crippen LogP contribution in [-0.4, -0.2) is 31.6 Å². The third kappa shape index (κ3) is 6.78. The maximum atomic E-state index is 13.6. The summed E-state index contributed by atoms with van der Waals surface area (Å²) >= 11 is 0. The Morgan fingerprint density at radius 2 is 1.86 bits per heavy atom. The molecule has 2 aromatic rings. The normalized spacial score (nSPS) is 19.9. The van der Waals surface area contributed by atoms with E-state index in [1.165, 1.54) is 6.07 Å². The Balaban J connectivity index is 2.05. The van der Waals surface area contributed by atoms with Gasteiger partial charge in [0.25, 0.3) is 0 Å². The predicted molar refractivity (Wildman–Crippen MR) is 165 cm³/mol. The molecule has 0 spiro atoms. The topological polar surface area (TPSA) is 75.4 Å². The van der Waals surface area contributed by atoms with Crippen molar-refractivity contribution in [2.24, 2.45) is 5.41 Å². The number of pyridine rings is 1. The second kappa shape index (κ2) is 11.8. The Morgan fingerprint density at radius 1 is 1.19 bits per heavy atom. The Bertz CT molecular complexity index is 1450. The molecule has 0 fully saturated rings. The molecular weight excluding hydrogens is 569 g/mol. The zero-order chi connectivity index (χ0) is 32.1. The van der Waals surface area contributed by atoms with Gasteiger partial charge in [-0.3, -0.25) is 4.98 Å². The van der Waals surface area contributed by atoms with Gasteiger partial charge in [0.05, 0.1) is 30.4 Å². The molecule has 1 aliphatic heterocycles. The molecule has 1 aromatic carbocycles. The van der Waals surface area contributed by atoms with Crippen LogP contribution >= 0.6 is 0 Å². The van der Waals surface area contributed by atoms with Gasteiger partial charge >= 0.3 is 6.18 Å². The smallest absolute Gasteiger partial charge is 0.417 e. The highest BCUT2D eigenvalue weighted by Crippen LogP contribution is 2.51. The van der Waals surface area contributed by atoms with E-state index in [4.69, 9.17) is 14.1 Å². The molecule has 0 amide bonds. The summed E-state index contributed by atoms with van der Waals surface area (Å²) < 4.78 is 53.7. The quantitative estimate of drug-likeness (QED) is 0.329. The number of alkyl halides is 3. The molecule has 1 aliphatic carbocycles. The van der Waals surface area contributed by atoms with Gasteiger partial charge in [0.15, 0.2) is 0 Å². The largest absolute Gasteiger partial charge is 0.559 e. The molecule has 0 radical (unpaired) electrons. The monoisotopic (exact) mass is 614 g/mol. The van der Waals surface area contributed by atoms with E-state index in [2.05, 4.69) is 47.7 Å². The Morgan fingerprint density at radius 3 is 2.40 bits per heavy atom. The van der Waals surface area contributed by atoms with Crippen molar-refractivity contribution >= 4 is 13.9 Å². The van der Waals surface area contributed by atoms with Crippen molar-refractivity contribution in [1.82, 2.24) is 4.98 Å². The Labute approximate surface area is 255 Å². The highest BCUT2D eigenvalue weighted by molar-refractivity contribution is 6.74. The molecule has 0 bridgehead atoms. The second-order valence-corrected chi connectivity index (χ2v) is 19.3. The first-order chi connectivity index (χ1) is 19.8. The van der Waals surface area contributed by atoms with Gasteiger partial charge < -0.3 is 14.3 Å². The van der Waals surface area contributed by atoms with Crippen LogP contribution in [0.3, 0.4) is 0 Å². The number of fused-ring (bicyclic) bond motifs is 1. The SMILES string of the molecule is CC(C)c1nc2c(c(C3=CCOCC3)c1[C@H](O)c1ccc(C(F)(F)F)c(C#N)c1)[C@@H](O[Si-](C)(C)C(C)(C)C)CC(C)(C)C2. The number of aliphatic hydroxyl groups is 1. The molecule has 2 aliphatic rings. The first kappa shape index (κ1) is 33.4. The third-order valence-electron chi connectivity index (χ3n) is 9.22. The number of ether oxygens (including phenoxy) is 1. The van der Waals surface area contributed by atoms with E-state index in [1.54, 1.807) is 6.07 Å². The van der Waals surface area contributed by atoms with Gasteiger partial charge in [0.1, 0.15) is 6.10 Å². The average Bonchev–Trinajstić information content (AvgIpc) is 2.89. The van der Waals surface area contributed by atoms with Gasteiger partial charge in [-0.15, -0.1) is 18.1 Å². The molecule has 9 heteroatoms. The fourth-order valence-corrected chi connectivity index (χ4v) is 7.25. The lowest BCUT2D eigenvalue weighted by Gasteiger charge is -2.53. The molecule has 1 N–H and O–H groups in total. The molecular formula is C34H45F3N2O3Si-. The fourth-order valence-electron chi connectivity index (χ4n) is 5.98. The summed E-state index contributed by atoms with van der Waals surface area (Å²) in [5, 5.41) is 21.6. The Kier molecular flexibility index (Phi) is 9.14. The molecule has 0 saturated carbocycles. The summed E-state index contributed by atoms with van der Waals surface area (Å²) in [4.78, 5) is 5.22. The maximum absolute atomic E-state index is 13.6. The second-order valence-electron chi connectivity index (χ2n) is 14.6. The summed E-state index contributed by atoms with van der Waals surface area (Å²) in [6.07, 6.45) is -2.06. The van der Waals surface area contributed by atoms with Crippen LogP contribution in [0.2, 0.25) is 18.1 Å². The van der Waals surface area contributed by atoms with Crippen LogP contribution in [0.4, 0.5) is 13.2 Å². The van der Waals surface area contributed by atoms with Gasteiger partial charge in [-0.25, -0.2) is 0 Å². The number of aliphatic hydroxyl groups excluding tert-OH is 1. The molecule has 5 nitrogen and oxygen atoms in total. The van der Waals surface area contributed by atoms with Crippen molar-refractivity contribution in [3.8, 4) is 6.07 Å². The first-order valence-electron chi connectivity index (χ1n) is 15.1. The van der Waals surface area contributed by atoms with Gasteiger partial charge in [-0.05, 0) is 67.7 Å². The third-order valence-corrected chi connectivity index (χ3v) is 13.7. The van der Waals surface area contributed by atoms with Gasteiger partial charge in [0, 0.05) is 28.6 Å². The number of hydrogen-bond acceptors (Lipinski definition) is 5. The number of rotatable bonds is 6. The molecule has 1 aromatic heterocycles. The van der Waals surface area contributed by atoms with Crippen molar-refractivity contribution in [2.75, 3.05) is 13.2 Å².